The number of hydrogen-bond donors (Lipinski definition) is 1. The van der Waals surface area contributed by atoms with Gasteiger partial charge in [0, 0.05) is 38.6 Å². The Bertz CT molecular complexity index is 735. The van der Waals surface area contributed by atoms with Gasteiger partial charge in [0.1, 0.15) is 11.0 Å². The maximum absolute atomic E-state index is 9.75. The van der Waals surface area contributed by atoms with E-state index in [0.717, 1.165) is 18.1 Å². The first-order valence-electron chi connectivity index (χ1n) is 16.4. The molecule has 40 heavy (non-hydrogen) atoms. The minimum Gasteiger partial charge on any atom is -0.418 e. The summed E-state index contributed by atoms with van der Waals surface area (Å²) in [5.74, 6) is 0. The van der Waals surface area contributed by atoms with Crippen LogP contribution in [0.2, 0.25) is 0 Å². The zero-order chi connectivity index (χ0) is 29.2. The minimum absolute atomic E-state index is 0.0514. The molecule has 1 atom stereocenters. The van der Waals surface area contributed by atoms with Crippen LogP contribution in [-0.2, 0) is 0 Å². The summed E-state index contributed by atoms with van der Waals surface area (Å²) in [6.07, 6.45) is 28.0. The van der Waals surface area contributed by atoms with E-state index in [9.17, 15) is 17.3 Å². The second-order valence-corrected chi connectivity index (χ2v) is 14.5. The van der Waals surface area contributed by atoms with E-state index in [-0.39, 0.29) is 14.4 Å². The molecule has 4 rings (SSSR count). The molecular weight excluding hydrogens is 534 g/mol. The number of likely N-dealkylation sites (N-methyl/N-ethyl adjacent to an activating group) is 3. The number of hydrogen-bond acceptors (Lipinski definition) is 4. The quantitative estimate of drug-likeness (QED) is 0.132. The van der Waals surface area contributed by atoms with Gasteiger partial charge in [0.2, 0.25) is 0 Å². The second kappa shape index (κ2) is 16.5. The highest BCUT2D eigenvalue weighted by molar-refractivity contribution is 7.40. The first-order chi connectivity index (χ1) is 19.1. The molecule has 1 unspecified atom stereocenters. The van der Waals surface area contributed by atoms with Crippen LogP contribution < -0.4 is 5.09 Å². The summed E-state index contributed by atoms with van der Waals surface area (Å²) in [7, 11) is 3.98. The van der Waals surface area contributed by atoms with Gasteiger partial charge in [0.25, 0.3) is 0 Å². The Balaban J connectivity index is 0.000000810. The molecular formula is C30H58BF4N4P. The summed E-state index contributed by atoms with van der Waals surface area (Å²) in [5.41, 5.74) is 1.81. The van der Waals surface area contributed by atoms with Gasteiger partial charge in [-0.2, -0.15) is 5.09 Å². The lowest BCUT2D eigenvalue weighted by Crippen LogP contribution is -2.67. The van der Waals surface area contributed by atoms with Crippen LogP contribution in [0.15, 0.2) is 11.0 Å². The Kier molecular flexibility index (Phi) is 14.1. The lowest BCUT2D eigenvalue weighted by atomic mass is 9.82. The van der Waals surface area contributed by atoms with Crippen molar-refractivity contribution in [3.05, 3.63) is 11.0 Å². The van der Waals surface area contributed by atoms with Crippen LogP contribution in [0.1, 0.15) is 128 Å². The number of allylic oxidation sites excluding steroid dienone is 1. The van der Waals surface area contributed by atoms with E-state index in [0.29, 0.717) is 0 Å². The fourth-order valence-corrected chi connectivity index (χ4v) is 9.58. The first kappa shape index (κ1) is 34.1. The Labute approximate surface area is 244 Å². The standard InChI is InChI=1S/C30H57N4P.BF4/c1-31-35-28-23-15-8-16-24-30(33(3)26-19-11-6-12-20-26,34(4)27-21-13-7-14-22-27)29(28)32(2)25-17-9-5-10-18-25;2-1(3,4)5/h25-27,31,35H,5-24H2,1-4H3;/q;-1/p+1/b29-28-;. The van der Waals surface area contributed by atoms with Gasteiger partial charge in [0.05, 0.1) is 14.4 Å². The SMILES string of the molecule is CN[PH2+]/C1=C(\N(C)C2CCCCC2)C(N(C)C2CCCCC2)(N(C)C2CCCCC2)CCCCC1.F[B-](F)(F)F. The van der Waals surface area contributed by atoms with Crippen LogP contribution in [0.4, 0.5) is 17.3 Å². The highest BCUT2D eigenvalue weighted by Crippen LogP contribution is 2.48. The van der Waals surface area contributed by atoms with Gasteiger partial charge in [-0.1, -0.05) is 64.2 Å². The fourth-order valence-electron chi connectivity index (χ4n) is 8.31. The average molecular weight is 593 g/mol. The highest BCUT2D eigenvalue weighted by Gasteiger charge is 2.51. The predicted octanol–water partition coefficient (Wildman–Crippen LogP) is 8.50. The molecule has 4 aliphatic carbocycles. The first-order valence-corrected chi connectivity index (χ1v) is 17.5. The molecule has 0 amide bonds. The van der Waals surface area contributed by atoms with Crippen LogP contribution in [0.3, 0.4) is 0 Å². The van der Waals surface area contributed by atoms with Gasteiger partial charge in [-0.15, -0.1) is 0 Å². The van der Waals surface area contributed by atoms with Crippen molar-refractivity contribution >= 4 is 16.0 Å². The van der Waals surface area contributed by atoms with Crippen LogP contribution in [0.5, 0.6) is 0 Å². The molecule has 0 saturated heterocycles. The van der Waals surface area contributed by atoms with Crippen LogP contribution >= 0.6 is 8.73 Å². The van der Waals surface area contributed by atoms with Crippen LogP contribution in [0.25, 0.3) is 0 Å². The van der Waals surface area contributed by atoms with Gasteiger partial charge < -0.3 is 22.2 Å². The summed E-state index contributed by atoms with van der Waals surface area (Å²) in [6, 6.07) is 2.19. The molecule has 3 saturated carbocycles. The lowest BCUT2D eigenvalue weighted by Gasteiger charge is -2.58. The van der Waals surface area contributed by atoms with Gasteiger partial charge in [-0.25, -0.2) is 0 Å². The predicted molar refractivity (Wildman–Crippen MR) is 166 cm³/mol. The molecule has 0 radical (unpaired) electrons. The van der Waals surface area contributed by atoms with E-state index in [2.05, 4.69) is 48.0 Å². The van der Waals surface area contributed by atoms with E-state index in [1.807, 2.05) is 0 Å². The molecule has 0 bridgehead atoms. The molecule has 0 aromatic rings. The topological polar surface area (TPSA) is 21.8 Å². The van der Waals surface area contributed by atoms with Crippen molar-refractivity contribution in [2.45, 2.75) is 152 Å². The number of halogens is 4. The summed E-state index contributed by atoms with van der Waals surface area (Å²) in [6.45, 7) is 0. The van der Waals surface area contributed by atoms with Crippen LogP contribution in [-0.4, -0.2) is 73.9 Å². The summed E-state index contributed by atoms with van der Waals surface area (Å²) < 4.78 is 39.0. The fraction of sp³-hybridized carbons (Fsp3) is 0.933. The third-order valence-electron chi connectivity index (χ3n) is 10.4. The Morgan fingerprint density at radius 1 is 0.650 bits per heavy atom. The van der Waals surface area contributed by atoms with Gasteiger partial charge in [0.15, 0.2) is 0 Å². The second-order valence-electron chi connectivity index (χ2n) is 12.9. The van der Waals surface area contributed by atoms with Crippen molar-refractivity contribution in [2.24, 2.45) is 0 Å². The summed E-state index contributed by atoms with van der Waals surface area (Å²) in [5, 5.41) is 5.51. The maximum atomic E-state index is 9.75. The van der Waals surface area contributed by atoms with E-state index >= 15 is 0 Å². The molecule has 0 aliphatic heterocycles. The van der Waals surface area contributed by atoms with Crippen LogP contribution in [0, 0.1) is 0 Å². The molecule has 1 N–H and O–H groups in total. The third-order valence-corrected chi connectivity index (χ3v) is 11.6. The lowest BCUT2D eigenvalue weighted by molar-refractivity contribution is -0.0869. The van der Waals surface area contributed by atoms with E-state index in [1.54, 1.807) is 11.0 Å². The molecule has 0 aromatic heterocycles. The molecule has 0 heterocycles. The summed E-state index contributed by atoms with van der Waals surface area (Å²) >= 11 is 0. The highest BCUT2D eigenvalue weighted by atomic mass is 31.1. The molecule has 4 nitrogen and oxygen atoms in total. The molecule has 0 aromatic carbocycles. The zero-order valence-corrected chi connectivity index (χ0v) is 27.0. The van der Waals surface area contributed by atoms with E-state index < -0.39 is 7.25 Å². The van der Waals surface area contributed by atoms with Crippen molar-refractivity contribution < 1.29 is 17.3 Å². The van der Waals surface area contributed by atoms with Gasteiger partial charge in [-0.05, 0) is 71.9 Å². The Morgan fingerprint density at radius 3 is 1.48 bits per heavy atom. The van der Waals surface area contributed by atoms with E-state index in [4.69, 9.17) is 0 Å². The minimum atomic E-state index is -6.00. The van der Waals surface area contributed by atoms with Crippen molar-refractivity contribution in [3.8, 4) is 0 Å². The monoisotopic (exact) mass is 592 g/mol. The Hall–Kier alpha value is -0.365. The largest absolute Gasteiger partial charge is 0.673 e. The zero-order valence-electron chi connectivity index (χ0n) is 25.9. The van der Waals surface area contributed by atoms with Gasteiger partial charge in [-0.3, -0.25) is 9.80 Å². The average Bonchev–Trinajstić information content (AvgIpc) is 2.94. The molecule has 4 aliphatic rings. The Morgan fingerprint density at radius 2 is 1.05 bits per heavy atom. The van der Waals surface area contributed by atoms with Crippen molar-refractivity contribution in [3.63, 3.8) is 0 Å². The number of nitrogens with zero attached hydrogens (tertiary/aromatic N) is 3. The molecule has 10 heteroatoms. The molecule has 234 valence electrons. The number of rotatable bonds is 8. The smallest absolute Gasteiger partial charge is 0.418 e. The van der Waals surface area contributed by atoms with Crippen molar-refractivity contribution in [1.82, 2.24) is 19.8 Å². The van der Waals surface area contributed by atoms with E-state index in [1.165, 1.54) is 128 Å². The maximum Gasteiger partial charge on any atom is 0.673 e. The van der Waals surface area contributed by atoms with Crippen molar-refractivity contribution in [2.75, 3.05) is 28.2 Å². The normalized spacial score (nSPS) is 26.6. The summed E-state index contributed by atoms with van der Waals surface area (Å²) in [4.78, 5) is 8.81. The molecule has 3 fully saturated rings. The number of nitrogens with one attached hydrogen (secondary N) is 1. The third kappa shape index (κ3) is 9.32. The molecule has 0 spiro atoms. The van der Waals surface area contributed by atoms with Crippen molar-refractivity contribution in [1.29, 1.82) is 0 Å². The van der Waals surface area contributed by atoms with Gasteiger partial charge >= 0.3 is 7.25 Å².